The number of benzene rings is 3. The highest BCUT2D eigenvalue weighted by atomic mass is 15.3. The van der Waals surface area contributed by atoms with Crippen molar-refractivity contribution in [2.75, 3.05) is 0 Å². The first kappa shape index (κ1) is 19.3. The van der Waals surface area contributed by atoms with E-state index < -0.39 is 0 Å². The number of hydrogen-bond donors (Lipinski definition) is 1. The van der Waals surface area contributed by atoms with Gasteiger partial charge in [-0.15, -0.1) is 0 Å². The van der Waals surface area contributed by atoms with Gasteiger partial charge >= 0.3 is 0 Å². The van der Waals surface area contributed by atoms with Crippen molar-refractivity contribution in [3.8, 4) is 12.0 Å². The van der Waals surface area contributed by atoms with Crippen molar-refractivity contribution in [3.05, 3.63) is 108 Å². The van der Waals surface area contributed by atoms with Crippen molar-refractivity contribution < 1.29 is 0 Å². The average Bonchev–Trinajstić information content (AvgIpc) is 2.76. The summed E-state index contributed by atoms with van der Waals surface area (Å²) in [6, 6.07) is 34.1. The minimum absolute atomic E-state index is 0.606. The third-order valence-electron chi connectivity index (χ3n) is 4.23. The van der Waals surface area contributed by atoms with Gasteiger partial charge in [-0.1, -0.05) is 96.9 Å². The molecule has 0 aromatic heterocycles. The minimum Gasteiger partial charge on any atom is -0.351 e. The van der Waals surface area contributed by atoms with E-state index in [4.69, 9.17) is 4.99 Å². The number of nitrogens with one attached hydrogen (secondary N) is 1. The molecule has 3 aromatic rings. The molecule has 28 heavy (non-hydrogen) atoms. The molecule has 0 aliphatic rings. The van der Waals surface area contributed by atoms with Gasteiger partial charge in [0.1, 0.15) is 0 Å². The lowest BCUT2D eigenvalue weighted by Crippen LogP contribution is -2.38. The molecule has 1 N–H and O–H groups in total. The van der Waals surface area contributed by atoms with E-state index in [2.05, 4.69) is 53.7 Å². The Hall–Kier alpha value is -3.51. The van der Waals surface area contributed by atoms with Crippen LogP contribution in [0.3, 0.4) is 0 Å². The summed E-state index contributed by atoms with van der Waals surface area (Å²) in [5, 5.41) is 3.48. The molecule has 0 saturated carbocycles. The van der Waals surface area contributed by atoms with Gasteiger partial charge in [-0.2, -0.15) is 0 Å². The Bertz CT molecular complexity index is 923. The lowest BCUT2D eigenvalue weighted by Gasteiger charge is -2.21. The standard InChI is InChI=1S/C25H25N3/c1-2-18-28(21-24-16-10-5-11-17-24)25(26-19-22-12-6-3-7-13-22)27-20-23-14-8-4-9-15-23/h3-17H,19-21H2,1H3,(H,26,27). The summed E-state index contributed by atoms with van der Waals surface area (Å²) < 4.78 is 0. The van der Waals surface area contributed by atoms with Crippen molar-refractivity contribution in [1.82, 2.24) is 10.2 Å². The van der Waals surface area contributed by atoms with Crippen LogP contribution in [0, 0.1) is 12.0 Å². The fourth-order valence-electron chi connectivity index (χ4n) is 2.83. The predicted molar refractivity (Wildman–Crippen MR) is 116 cm³/mol. The van der Waals surface area contributed by atoms with Crippen LogP contribution in [0.1, 0.15) is 23.6 Å². The second-order valence-electron chi connectivity index (χ2n) is 6.40. The number of hydrogen-bond acceptors (Lipinski definition) is 1. The number of nitrogens with zero attached hydrogens (tertiary/aromatic N) is 2. The van der Waals surface area contributed by atoms with Crippen LogP contribution >= 0.6 is 0 Å². The molecule has 0 heterocycles. The summed E-state index contributed by atoms with van der Waals surface area (Å²) >= 11 is 0. The Kier molecular flexibility index (Phi) is 7.29. The van der Waals surface area contributed by atoms with Gasteiger partial charge in [-0.25, -0.2) is 4.99 Å². The molecular formula is C25H25N3. The molecule has 0 amide bonds. The molecule has 3 heteroatoms. The molecule has 0 saturated heterocycles. The summed E-state index contributed by atoms with van der Waals surface area (Å²) in [6.07, 6.45) is 0. The average molecular weight is 367 g/mol. The normalized spacial score (nSPS) is 10.7. The number of rotatable bonds is 6. The summed E-state index contributed by atoms with van der Waals surface area (Å²) in [4.78, 5) is 6.84. The molecular weight excluding hydrogens is 342 g/mol. The third-order valence-corrected chi connectivity index (χ3v) is 4.23. The first-order valence-corrected chi connectivity index (χ1v) is 9.45. The summed E-state index contributed by atoms with van der Waals surface area (Å²) in [5.41, 5.74) is 3.57. The van der Waals surface area contributed by atoms with Gasteiger partial charge in [0.2, 0.25) is 5.96 Å². The summed E-state index contributed by atoms with van der Waals surface area (Å²) in [7, 11) is 0. The Morgan fingerprint density at radius 2 is 1.32 bits per heavy atom. The number of guanidine groups is 1. The van der Waals surface area contributed by atoms with Gasteiger partial charge in [-0.05, 0) is 23.6 Å². The van der Waals surface area contributed by atoms with E-state index in [1.54, 1.807) is 0 Å². The monoisotopic (exact) mass is 367 g/mol. The van der Waals surface area contributed by atoms with Crippen LogP contribution in [0.2, 0.25) is 0 Å². The largest absolute Gasteiger partial charge is 0.351 e. The molecule has 0 fully saturated rings. The van der Waals surface area contributed by atoms with E-state index in [1.165, 1.54) is 16.7 Å². The van der Waals surface area contributed by atoms with Crippen LogP contribution in [-0.4, -0.2) is 10.9 Å². The van der Waals surface area contributed by atoms with Gasteiger partial charge in [0.05, 0.1) is 13.1 Å². The van der Waals surface area contributed by atoms with Crippen LogP contribution in [-0.2, 0) is 19.6 Å². The highest BCUT2D eigenvalue weighted by Crippen LogP contribution is 2.07. The molecule has 0 aliphatic carbocycles. The minimum atomic E-state index is 0.606. The molecule has 0 atom stereocenters. The van der Waals surface area contributed by atoms with Crippen LogP contribution < -0.4 is 5.32 Å². The zero-order valence-electron chi connectivity index (χ0n) is 16.2. The van der Waals surface area contributed by atoms with E-state index in [1.807, 2.05) is 66.4 Å². The van der Waals surface area contributed by atoms with Crippen LogP contribution in [0.4, 0.5) is 0 Å². The van der Waals surface area contributed by atoms with Gasteiger partial charge in [-0.3, -0.25) is 4.90 Å². The zero-order chi connectivity index (χ0) is 19.4. The van der Waals surface area contributed by atoms with E-state index >= 15 is 0 Å². The molecule has 3 rings (SSSR count). The van der Waals surface area contributed by atoms with E-state index in [-0.39, 0.29) is 0 Å². The van der Waals surface area contributed by atoms with E-state index in [0.717, 1.165) is 5.96 Å². The second-order valence-corrected chi connectivity index (χ2v) is 6.40. The molecule has 0 radical (unpaired) electrons. The van der Waals surface area contributed by atoms with Crippen LogP contribution in [0.5, 0.6) is 0 Å². The topological polar surface area (TPSA) is 27.6 Å². The summed E-state index contributed by atoms with van der Waals surface area (Å²) in [5.74, 6) is 3.80. The van der Waals surface area contributed by atoms with Crippen molar-refractivity contribution in [1.29, 1.82) is 0 Å². The highest BCUT2D eigenvalue weighted by molar-refractivity contribution is 5.81. The van der Waals surface area contributed by atoms with Crippen molar-refractivity contribution in [3.63, 3.8) is 0 Å². The second kappa shape index (κ2) is 10.6. The van der Waals surface area contributed by atoms with Crippen molar-refractivity contribution in [2.24, 2.45) is 4.99 Å². The fourth-order valence-corrected chi connectivity index (χ4v) is 2.83. The lowest BCUT2D eigenvalue weighted by molar-refractivity contribution is 0.547. The SMILES string of the molecule is CC#CN(Cc1ccccc1)C(=NCc1ccccc1)NCc1ccccc1. The Labute approximate surface area is 167 Å². The van der Waals surface area contributed by atoms with Gasteiger partial charge in [0, 0.05) is 12.6 Å². The van der Waals surface area contributed by atoms with Crippen LogP contribution in [0.25, 0.3) is 0 Å². The molecule has 0 bridgehead atoms. The Morgan fingerprint density at radius 1 is 0.786 bits per heavy atom. The summed E-state index contributed by atoms with van der Waals surface area (Å²) in [6.45, 7) is 3.83. The molecule has 0 unspecified atom stereocenters. The van der Waals surface area contributed by atoms with E-state index in [0.29, 0.717) is 19.6 Å². The maximum absolute atomic E-state index is 4.85. The smallest absolute Gasteiger partial charge is 0.206 e. The molecule has 3 nitrogen and oxygen atoms in total. The Morgan fingerprint density at radius 3 is 1.89 bits per heavy atom. The molecule has 140 valence electrons. The first-order valence-electron chi connectivity index (χ1n) is 9.45. The molecule has 0 spiro atoms. The lowest BCUT2D eigenvalue weighted by atomic mass is 10.2. The molecule has 3 aromatic carbocycles. The highest BCUT2D eigenvalue weighted by Gasteiger charge is 2.10. The number of aliphatic imine (C=N–C) groups is 1. The molecule has 0 aliphatic heterocycles. The van der Waals surface area contributed by atoms with Crippen molar-refractivity contribution in [2.45, 2.75) is 26.6 Å². The van der Waals surface area contributed by atoms with Crippen molar-refractivity contribution >= 4 is 5.96 Å². The van der Waals surface area contributed by atoms with Gasteiger partial charge in [0.25, 0.3) is 0 Å². The van der Waals surface area contributed by atoms with Gasteiger partial charge in [0.15, 0.2) is 0 Å². The van der Waals surface area contributed by atoms with Gasteiger partial charge < -0.3 is 5.32 Å². The quantitative estimate of drug-likeness (QED) is 0.293. The Balaban J connectivity index is 1.81. The predicted octanol–water partition coefficient (Wildman–Crippen LogP) is 4.82. The maximum atomic E-state index is 4.85. The zero-order valence-corrected chi connectivity index (χ0v) is 16.2. The fraction of sp³-hybridized carbons (Fsp3) is 0.160. The first-order chi connectivity index (χ1) is 13.8. The third kappa shape index (κ3) is 6.03. The maximum Gasteiger partial charge on any atom is 0.206 e. The van der Waals surface area contributed by atoms with Crippen LogP contribution in [0.15, 0.2) is 96.0 Å². The van der Waals surface area contributed by atoms with E-state index in [9.17, 15) is 0 Å².